The lowest BCUT2D eigenvalue weighted by Crippen LogP contribution is -2.12. The van der Waals surface area contributed by atoms with Gasteiger partial charge in [0, 0.05) is 24.3 Å². The van der Waals surface area contributed by atoms with E-state index in [1.54, 1.807) is 36.4 Å². The van der Waals surface area contributed by atoms with Crippen LogP contribution in [0.15, 0.2) is 51.6 Å². The van der Waals surface area contributed by atoms with Crippen LogP contribution in [0.2, 0.25) is 0 Å². The van der Waals surface area contributed by atoms with Gasteiger partial charge in [0.2, 0.25) is 5.91 Å². The van der Waals surface area contributed by atoms with E-state index in [4.69, 9.17) is 9.15 Å². The Balaban J connectivity index is 1.84. The highest BCUT2D eigenvalue weighted by molar-refractivity contribution is 9.10. The molecule has 2 aromatic rings. The number of benzene rings is 1. The Bertz CT molecular complexity index is 777. The lowest BCUT2D eigenvalue weighted by molar-refractivity contribution is -0.136. The molecule has 1 amide bonds. The highest BCUT2D eigenvalue weighted by Crippen LogP contribution is 2.15. The number of furan rings is 1. The Morgan fingerprint density at radius 3 is 2.46 bits per heavy atom. The number of amides is 1. The predicted octanol–water partition coefficient (Wildman–Crippen LogP) is 3.44. The van der Waals surface area contributed by atoms with Crippen molar-refractivity contribution in [2.24, 2.45) is 0 Å². The number of anilines is 1. The SMILES string of the molecule is CC(=O)Nc1ccc(C(=O)COC(=O)/C=C/c2ccc(Br)o2)cc1. The van der Waals surface area contributed by atoms with Crippen LogP contribution in [0.1, 0.15) is 23.0 Å². The van der Waals surface area contributed by atoms with E-state index < -0.39 is 5.97 Å². The van der Waals surface area contributed by atoms with Crippen molar-refractivity contribution in [3.63, 3.8) is 0 Å². The molecule has 7 heteroatoms. The molecule has 0 saturated carbocycles. The minimum absolute atomic E-state index is 0.196. The fraction of sp³-hybridized carbons (Fsp3) is 0.118. The predicted molar refractivity (Wildman–Crippen MR) is 91.5 cm³/mol. The second-order valence-corrected chi connectivity index (χ2v) is 5.55. The van der Waals surface area contributed by atoms with Crippen molar-refractivity contribution < 1.29 is 23.5 Å². The first-order chi connectivity index (χ1) is 11.4. The molecule has 1 N–H and O–H groups in total. The number of carbonyl (C=O) groups is 3. The monoisotopic (exact) mass is 391 g/mol. The first-order valence-corrected chi connectivity index (χ1v) is 7.74. The smallest absolute Gasteiger partial charge is 0.331 e. The molecule has 0 unspecified atom stereocenters. The molecule has 24 heavy (non-hydrogen) atoms. The normalized spacial score (nSPS) is 10.6. The molecule has 0 aliphatic rings. The Morgan fingerprint density at radius 2 is 1.88 bits per heavy atom. The molecule has 2 rings (SSSR count). The van der Waals surface area contributed by atoms with Crippen molar-refractivity contribution in [1.82, 2.24) is 0 Å². The van der Waals surface area contributed by atoms with Gasteiger partial charge in [-0.1, -0.05) is 0 Å². The van der Waals surface area contributed by atoms with Gasteiger partial charge >= 0.3 is 5.97 Å². The lowest BCUT2D eigenvalue weighted by atomic mass is 10.1. The minimum Gasteiger partial charge on any atom is -0.454 e. The van der Waals surface area contributed by atoms with Crippen LogP contribution < -0.4 is 5.32 Å². The van der Waals surface area contributed by atoms with E-state index in [2.05, 4.69) is 21.2 Å². The van der Waals surface area contributed by atoms with Crippen molar-refractivity contribution in [2.75, 3.05) is 11.9 Å². The summed E-state index contributed by atoms with van der Waals surface area (Å²) in [5.74, 6) is -0.699. The van der Waals surface area contributed by atoms with Crippen LogP contribution >= 0.6 is 15.9 Å². The number of halogens is 1. The van der Waals surface area contributed by atoms with Gasteiger partial charge < -0.3 is 14.5 Å². The maximum Gasteiger partial charge on any atom is 0.331 e. The van der Waals surface area contributed by atoms with Gasteiger partial charge in [-0.25, -0.2) is 4.79 Å². The second kappa shape index (κ2) is 8.26. The molecule has 0 aliphatic heterocycles. The molecule has 0 spiro atoms. The largest absolute Gasteiger partial charge is 0.454 e. The van der Waals surface area contributed by atoms with E-state index in [1.807, 2.05) is 0 Å². The van der Waals surface area contributed by atoms with Crippen LogP contribution in [0.4, 0.5) is 5.69 Å². The number of hydrogen-bond acceptors (Lipinski definition) is 5. The first kappa shape index (κ1) is 17.7. The molecule has 0 bridgehead atoms. The third-order valence-electron chi connectivity index (χ3n) is 2.85. The standard InChI is InChI=1S/C17H14BrNO5/c1-11(20)19-13-4-2-12(3-5-13)15(21)10-23-17(22)9-7-14-6-8-16(18)24-14/h2-9H,10H2,1H3,(H,19,20)/b9-7+. The van der Waals surface area contributed by atoms with Gasteiger partial charge in [-0.15, -0.1) is 0 Å². The summed E-state index contributed by atoms with van der Waals surface area (Å²) in [5, 5.41) is 2.60. The van der Waals surface area contributed by atoms with Gasteiger partial charge in [0.05, 0.1) is 0 Å². The van der Waals surface area contributed by atoms with E-state index in [9.17, 15) is 14.4 Å². The summed E-state index contributed by atoms with van der Waals surface area (Å²) in [5.41, 5.74) is 0.972. The number of rotatable bonds is 6. The van der Waals surface area contributed by atoms with E-state index >= 15 is 0 Å². The quantitative estimate of drug-likeness (QED) is 0.463. The molecule has 0 fully saturated rings. The lowest BCUT2D eigenvalue weighted by Gasteiger charge is -2.04. The van der Waals surface area contributed by atoms with Crippen LogP contribution in [-0.4, -0.2) is 24.3 Å². The van der Waals surface area contributed by atoms with E-state index in [0.717, 1.165) is 0 Å². The van der Waals surface area contributed by atoms with Gasteiger partial charge in [-0.2, -0.15) is 0 Å². The van der Waals surface area contributed by atoms with Crippen molar-refractivity contribution in [3.8, 4) is 0 Å². The number of carbonyl (C=O) groups excluding carboxylic acids is 3. The summed E-state index contributed by atoms with van der Waals surface area (Å²) in [7, 11) is 0. The van der Waals surface area contributed by atoms with Crippen LogP contribution in [-0.2, 0) is 14.3 Å². The Labute approximate surface area is 146 Å². The fourth-order valence-electron chi connectivity index (χ4n) is 1.78. The average molecular weight is 392 g/mol. The third kappa shape index (κ3) is 5.51. The minimum atomic E-state index is -0.647. The molecule has 1 aromatic carbocycles. The number of ether oxygens (including phenoxy) is 1. The Kier molecular flexibility index (Phi) is 6.08. The Hall–Kier alpha value is -2.67. The van der Waals surface area contributed by atoms with Gasteiger partial charge in [-0.05, 0) is 58.4 Å². The number of ketones is 1. The summed E-state index contributed by atoms with van der Waals surface area (Å²) >= 11 is 3.15. The molecule has 0 saturated heterocycles. The molecule has 0 radical (unpaired) electrons. The second-order valence-electron chi connectivity index (χ2n) is 4.76. The highest BCUT2D eigenvalue weighted by Gasteiger charge is 2.09. The zero-order valence-electron chi connectivity index (χ0n) is 12.7. The molecule has 1 heterocycles. The topological polar surface area (TPSA) is 85.6 Å². The summed E-state index contributed by atoms with van der Waals surface area (Å²) in [6.45, 7) is 1.03. The molecule has 6 nitrogen and oxygen atoms in total. The Morgan fingerprint density at radius 1 is 1.17 bits per heavy atom. The molecular formula is C17H14BrNO5. The highest BCUT2D eigenvalue weighted by atomic mass is 79.9. The number of esters is 1. The number of Topliss-reactive ketones (excluding diaryl/α,β-unsaturated/α-hetero) is 1. The van der Waals surface area contributed by atoms with Gasteiger partial charge in [-0.3, -0.25) is 9.59 Å². The van der Waals surface area contributed by atoms with Crippen molar-refractivity contribution in [3.05, 3.63) is 58.5 Å². The molecular weight excluding hydrogens is 378 g/mol. The average Bonchev–Trinajstić information content (AvgIpc) is 2.96. The summed E-state index contributed by atoms with van der Waals surface area (Å²) in [6, 6.07) is 9.68. The first-order valence-electron chi connectivity index (χ1n) is 6.95. The summed E-state index contributed by atoms with van der Waals surface area (Å²) in [4.78, 5) is 34.4. The van der Waals surface area contributed by atoms with Crippen molar-refractivity contribution in [1.29, 1.82) is 0 Å². The maximum atomic E-state index is 11.9. The maximum absolute atomic E-state index is 11.9. The van der Waals surface area contributed by atoms with E-state index in [1.165, 1.54) is 19.1 Å². The van der Waals surface area contributed by atoms with Crippen molar-refractivity contribution >= 4 is 45.4 Å². The van der Waals surface area contributed by atoms with Crippen LogP contribution in [0, 0.1) is 0 Å². The third-order valence-corrected chi connectivity index (χ3v) is 3.28. The number of hydrogen-bond donors (Lipinski definition) is 1. The van der Waals surface area contributed by atoms with Crippen molar-refractivity contribution in [2.45, 2.75) is 6.92 Å². The van der Waals surface area contributed by atoms with Crippen LogP contribution in [0.5, 0.6) is 0 Å². The van der Waals surface area contributed by atoms with Gasteiger partial charge in [0.25, 0.3) is 0 Å². The van der Waals surface area contributed by atoms with E-state index in [0.29, 0.717) is 21.7 Å². The zero-order chi connectivity index (χ0) is 17.5. The van der Waals surface area contributed by atoms with Crippen LogP contribution in [0.3, 0.4) is 0 Å². The fourth-order valence-corrected chi connectivity index (χ4v) is 2.10. The zero-order valence-corrected chi connectivity index (χ0v) is 14.3. The van der Waals surface area contributed by atoms with Gasteiger partial charge in [0.1, 0.15) is 5.76 Å². The molecule has 124 valence electrons. The summed E-state index contributed by atoms with van der Waals surface area (Å²) < 4.78 is 10.6. The molecule has 0 atom stereocenters. The van der Waals surface area contributed by atoms with E-state index in [-0.39, 0.29) is 18.3 Å². The van der Waals surface area contributed by atoms with Gasteiger partial charge in [0.15, 0.2) is 17.1 Å². The molecule has 0 aliphatic carbocycles. The number of nitrogens with one attached hydrogen (secondary N) is 1. The molecule has 1 aromatic heterocycles. The summed E-state index contributed by atoms with van der Waals surface area (Å²) in [6.07, 6.45) is 2.62. The van der Waals surface area contributed by atoms with Crippen LogP contribution in [0.25, 0.3) is 6.08 Å².